The summed E-state index contributed by atoms with van der Waals surface area (Å²) >= 11 is 0. The molecular weight excluding hydrogens is 252 g/mol. The third-order valence-corrected chi connectivity index (χ3v) is 2.88. The van der Waals surface area contributed by atoms with Crippen LogP contribution in [-0.4, -0.2) is 31.3 Å². The first-order valence-corrected chi connectivity index (χ1v) is 7.16. The van der Waals surface area contributed by atoms with E-state index in [0.29, 0.717) is 0 Å². The van der Waals surface area contributed by atoms with Crippen molar-refractivity contribution in [3.63, 3.8) is 0 Å². The number of anilines is 1. The van der Waals surface area contributed by atoms with Gasteiger partial charge < -0.3 is 5.32 Å². The molecule has 2 aromatic rings. The average Bonchev–Trinajstić information content (AvgIpc) is 2.75. The van der Waals surface area contributed by atoms with Gasteiger partial charge in [0.1, 0.15) is 23.3 Å². The first-order valence-electron chi connectivity index (χ1n) is 7.16. The zero-order valence-corrected chi connectivity index (χ0v) is 12.6. The van der Waals surface area contributed by atoms with Gasteiger partial charge in [-0.3, -0.25) is 0 Å². The van der Waals surface area contributed by atoms with Crippen LogP contribution in [0, 0.1) is 13.8 Å². The van der Waals surface area contributed by atoms with Gasteiger partial charge >= 0.3 is 0 Å². The summed E-state index contributed by atoms with van der Waals surface area (Å²) in [5.74, 6) is 4.07. The second-order valence-electron chi connectivity index (χ2n) is 4.82. The minimum Gasteiger partial charge on any atom is -0.370 e. The zero-order chi connectivity index (χ0) is 14.5. The SMILES string of the molecule is CCCNc1cc(-n2nc(C)nc2C)nc(CCC)n1. The van der Waals surface area contributed by atoms with Crippen LogP contribution in [0.25, 0.3) is 5.82 Å². The molecule has 0 aliphatic heterocycles. The molecule has 0 aliphatic carbocycles. The number of nitrogens with zero attached hydrogens (tertiary/aromatic N) is 5. The van der Waals surface area contributed by atoms with Crippen LogP contribution in [0.5, 0.6) is 0 Å². The summed E-state index contributed by atoms with van der Waals surface area (Å²) in [6.45, 7) is 8.97. The number of aryl methyl sites for hydroxylation is 3. The molecule has 1 N–H and O–H groups in total. The summed E-state index contributed by atoms with van der Waals surface area (Å²) in [6, 6.07) is 1.93. The van der Waals surface area contributed by atoms with E-state index >= 15 is 0 Å². The lowest BCUT2D eigenvalue weighted by atomic mass is 10.3. The van der Waals surface area contributed by atoms with Crippen LogP contribution in [0.15, 0.2) is 6.07 Å². The molecule has 0 unspecified atom stereocenters. The molecule has 0 saturated heterocycles. The molecule has 6 nitrogen and oxygen atoms in total. The van der Waals surface area contributed by atoms with Crippen LogP contribution < -0.4 is 5.32 Å². The van der Waals surface area contributed by atoms with Crippen LogP contribution in [0.3, 0.4) is 0 Å². The summed E-state index contributed by atoms with van der Waals surface area (Å²) in [4.78, 5) is 13.4. The maximum Gasteiger partial charge on any atom is 0.161 e. The molecule has 0 atom stereocenters. The van der Waals surface area contributed by atoms with E-state index in [-0.39, 0.29) is 0 Å². The van der Waals surface area contributed by atoms with Gasteiger partial charge in [-0.1, -0.05) is 13.8 Å². The largest absolute Gasteiger partial charge is 0.370 e. The van der Waals surface area contributed by atoms with Gasteiger partial charge in [-0.15, -0.1) is 5.10 Å². The predicted molar refractivity (Wildman–Crippen MR) is 79.2 cm³/mol. The normalized spacial score (nSPS) is 10.8. The molecule has 0 bridgehead atoms. The molecule has 0 aromatic carbocycles. The molecule has 0 radical (unpaired) electrons. The van der Waals surface area contributed by atoms with Crippen molar-refractivity contribution in [2.45, 2.75) is 47.0 Å². The summed E-state index contributed by atoms with van der Waals surface area (Å²) in [6.07, 6.45) is 2.94. The van der Waals surface area contributed by atoms with Crippen LogP contribution >= 0.6 is 0 Å². The first-order chi connectivity index (χ1) is 9.63. The minimum atomic E-state index is 0.751. The molecular formula is C14H22N6. The molecule has 108 valence electrons. The average molecular weight is 274 g/mol. The molecule has 0 aliphatic rings. The van der Waals surface area contributed by atoms with E-state index in [1.54, 1.807) is 4.68 Å². The third kappa shape index (κ3) is 3.31. The van der Waals surface area contributed by atoms with E-state index in [1.165, 1.54) is 0 Å². The Morgan fingerprint density at radius 2 is 1.90 bits per heavy atom. The molecule has 0 spiro atoms. The van der Waals surface area contributed by atoms with Crippen molar-refractivity contribution in [3.8, 4) is 5.82 Å². The van der Waals surface area contributed by atoms with Crippen LogP contribution in [0.2, 0.25) is 0 Å². The van der Waals surface area contributed by atoms with Gasteiger partial charge in [-0.25, -0.2) is 15.0 Å². The first kappa shape index (κ1) is 14.4. The highest BCUT2D eigenvalue weighted by atomic mass is 15.4. The molecule has 0 amide bonds. The molecule has 2 aromatic heterocycles. The number of nitrogens with one attached hydrogen (secondary N) is 1. The molecule has 6 heteroatoms. The minimum absolute atomic E-state index is 0.751. The van der Waals surface area contributed by atoms with E-state index in [2.05, 4.69) is 39.2 Å². The standard InChI is InChI=1S/C14H22N6/c1-5-7-12-17-13(15-8-6-2)9-14(18-12)20-11(4)16-10(3)19-20/h9H,5-8H2,1-4H3,(H,15,17,18). The second-order valence-corrected chi connectivity index (χ2v) is 4.82. The fourth-order valence-corrected chi connectivity index (χ4v) is 2.01. The van der Waals surface area contributed by atoms with Gasteiger partial charge in [0.2, 0.25) is 0 Å². The van der Waals surface area contributed by atoms with Crippen molar-refractivity contribution in [3.05, 3.63) is 23.5 Å². The third-order valence-electron chi connectivity index (χ3n) is 2.88. The zero-order valence-electron chi connectivity index (χ0n) is 12.6. The van der Waals surface area contributed by atoms with Crippen molar-refractivity contribution in [2.24, 2.45) is 0 Å². The Balaban J connectivity index is 2.40. The summed E-state index contributed by atoms with van der Waals surface area (Å²) in [5.41, 5.74) is 0. The highest BCUT2D eigenvalue weighted by Gasteiger charge is 2.10. The van der Waals surface area contributed by atoms with Gasteiger partial charge in [0.05, 0.1) is 0 Å². The smallest absolute Gasteiger partial charge is 0.161 e. The van der Waals surface area contributed by atoms with Crippen LogP contribution in [0.1, 0.15) is 44.2 Å². The van der Waals surface area contributed by atoms with E-state index in [4.69, 9.17) is 0 Å². The fourth-order valence-electron chi connectivity index (χ4n) is 2.01. The molecule has 2 heterocycles. The topological polar surface area (TPSA) is 68.5 Å². The molecule has 2 rings (SSSR count). The van der Waals surface area contributed by atoms with Gasteiger partial charge in [0, 0.05) is 19.0 Å². The molecule has 0 saturated carbocycles. The van der Waals surface area contributed by atoms with Crippen molar-refractivity contribution in [1.82, 2.24) is 24.7 Å². The number of aromatic nitrogens is 5. The monoisotopic (exact) mass is 274 g/mol. The Kier molecular flexibility index (Phi) is 4.65. The van der Waals surface area contributed by atoms with Crippen molar-refractivity contribution < 1.29 is 0 Å². The van der Waals surface area contributed by atoms with E-state index in [1.807, 2.05) is 19.9 Å². The summed E-state index contributed by atoms with van der Waals surface area (Å²) in [7, 11) is 0. The number of hydrogen-bond donors (Lipinski definition) is 1. The second kappa shape index (κ2) is 6.45. The maximum atomic E-state index is 4.58. The van der Waals surface area contributed by atoms with Crippen molar-refractivity contribution in [1.29, 1.82) is 0 Å². The van der Waals surface area contributed by atoms with Crippen LogP contribution in [0.4, 0.5) is 5.82 Å². The Hall–Kier alpha value is -1.98. The van der Waals surface area contributed by atoms with Crippen molar-refractivity contribution >= 4 is 5.82 Å². The molecule has 0 fully saturated rings. The van der Waals surface area contributed by atoms with E-state index in [0.717, 1.165) is 54.9 Å². The number of rotatable bonds is 6. The van der Waals surface area contributed by atoms with Gasteiger partial charge in [-0.05, 0) is 26.7 Å². The van der Waals surface area contributed by atoms with E-state index in [9.17, 15) is 0 Å². The van der Waals surface area contributed by atoms with Crippen molar-refractivity contribution in [2.75, 3.05) is 11.9 Å². The van der Waals surface area contributed by atoms with Crippen LogP contribution in [-0.2, 0) is 6.42 Å². The maximum absolute atomic E-state index is 4.58. The Labute approximate surface area is 119 Å². The molecule has 20 heavy (non-hydrogen) atoms. The van der Waals surface area contributed by atoms with E-state index < -0.39 is 0 Å². The lowest BCUT2D eigenvalue weighted by molar-refractivity contribution is 0.764. The Morgan fingerprint density at radius 1 is 1.10 bits per heavy atom. The fraction of sp³-hybridized carbons (Fsp3) is 0.571. The lowest BCUT2D eigenvalue weighted by Crippen LogP contribution is -2.10. The Morgan fingerprint density at radius 3 is 2.50 bits per heavy atom. The predicted octanol–water partition coefficient (Wildman–Crippen LogP) is 2.45. The highest BCUT2D eigenvalue weighted by molar-refractivity contribution is 5.41. The summed E-state index contributed by atoms with van der Waals surface area (Å²) in [5, 5.41) is 7.71. The van der Waals surface area contributed by atoms with Gasteiger partial charge in [0.25, 0.3) is 0 Å². The Bertz CT molecular complexity index is 575. The summed E-state index contributed by atoms with van der Waals surface area (Å²) < 4.78 is 1.77. The number of hydrogen-bond acceptors (Lipinski definition) is 5. The van der Waals surface area contributed by atoms with Gasteiger partial charge in [-0.2, -0.15) is 4.68 Å². The lowest BCUT2D eigenvalue weighted by Gasteiger charge is -2.09. The highest BCUT2D eigenvalue weighted by Crippen LogP contribution is 2.13. The van der Waals surface area contributed by atoms with Gasteiger partial charge in [0.15, 0.2) is 5.82 Å². The quantitative estimate of drug-likeness (QED) is 0.876.